The van der Waals surface area contributed by atoms with Crippen molar-refractivity contribution in [1.82, 2.24) is 16.0 Å². The zero-order valence-corrected chi connectivity index (χ0v) is 17.6. The number of nitrogens with two attached hydrogens (primary N) is 3. The predicted molar refractivity (Wildman–Crippen MR) is 116 cm³/mol. The SMILES string of the molecule is NCCCNCCCCNC(=O)C(O)CNC(=O)CCCCCCCN=C(N)N. The molecule has 0 aliphatic carbocycles. The first-order valence-corrected chi connectivity index (χ1v) is 10.7. The molecule has 0 aliphatic rings. The van der Waals surface area contributed by atoms with E-state index < -0.39 is 12.0 Å². The molecule has 170 valence electrons. The summed E-state index contributed by atoms with van der Waals surface area (Å²) >= 11 is 0. The first-order valence-electron chi connectivity index (χ1n) is 10.7. The van der Waals surface area contributed by atoms with Crippen LogP contribution in [0.25, 0.3) is 0 Å². The van der Waals surface area contributed by atoms with Crippen molar-refractivity contribution in [3.05, 3.63) is 0 Å². The average Bonchev–Trinajstić information content (AvgIpc) is 2.69. The van der Waals surface area contributed by atoms with Crippen molar-refractivity contribution in [2.24, 2.45) is 22.2 Å². The molecule has 0 heterocycles. The van der Waals surface area contributed by atoms with Crippen molar-refractivity contribution >= 4 is 17.8 Å². The number of aliphatic hydroxyl groups is 1. The minimum absolute atomic E-state index is 0.0656. The third-order valence-corrected chi connectivity index (χ3v) is 4.29. The molecule has 0 aromatic carbocycles. The lowest BCUT2D eigenvalue weighted by atomic mass is 10.1. The van der Waals surface area contributed by atoms with Gasteiger partial charge in [0.2, 0.25) is 5.91 Å². The fourth-order valence-corrected chi connectivity index (χ4v) is 2.58. The second-order valence-electron chi connectivity index (χ2n) is 7.03. The number of nitrogens with zero attached hydrogens (tertiary/aromatic N) is 1. The summed E-state index contributed by atoms with van der Waals surface area (Å²) in [6.07, 6.45) is 6.55. The maximum Gasteiger partial charge on any atom is 0.250 e. The van der Waals surface area contributed by atoms with Gasteiger partial charge in [-0.1, -0.05) is 19.3 Å². The normalized spacial score (nSPS) is 11.7. The third kappa shape index (κ3) is 19.2. The quantitative estimate of drug-likeness (QED) is 0.0794. The van der Waals surface area contributed by atoms with Gasteiger partial charge in [-0.05, 0) is 51.7 Å². The van der Waals surface area contributed by atoms with E-state index >= 15 is 0 Å². The summed E-state index contributed by atoms with van der Waals surface area (Å²) in [5, 5.41) is 18.4. The lowest BCUT2D eigenvalue weighted by Crippen LogP contribution is -2.43. The maximum absolute atomic E-state index is 11.8. The van der Waals surface area contributed by atoms with Crippen LogP contribution in [-0.2, 0) is 9.59 Å². The summed E-state index contributed by atoms with van der Waals surface area (Å²) in [5.74, 6) is -0.494. The van der Waals surface area contributed by atoms with Gasteiger partial charge in [0.15, 0.2) is 5.96 Å². The Bertz CT molecular complexity index is 457. The van der Waals surface area contributed by atoms with Crippen molar-refractivity contribution in [2.45, 2.75) is 63.9 Å². The smallest absolute Gasteiger partial charge is 0.250 e. The number of carbonyl (C=O) groups is 2. The van der Waals surface area contributed by atoms with Crippen molar-refractivity contribution in [3.63, 3.8) is 0 Å². The van der Waals surface area contributed by atoms with Gasteiger partial charge in [-0.3, -0.25) is 14.6 Å². The Kier molecular flexibility index (Phi) is 18.1. The topological polar surface area (TPSA) is 181 Å². The molecule has 0 fully saturated rings. The van der Waals surface area contributed by atoms with Gasteiger partial charge in [-0.25, -0.2) is 0 Å². The van der Waals surface area contributed by atoms with Crippen LogP contribution in [0, 0.1) is 0 Å². The number of nitrogens with one attached hydrogen (secondary N) is 3. The Morgan fingerprint density at radius 3 is 2.24 bits per heavy atom. The molecule has 0 aromatic heterocycles. The Labute approximate surface area is 174 Å². The van der Waals surface area contributed by atoms with Crippen LogP contribution in [0.15, 0.2) is 4.99 Å². The van der Waals surface area contributed by atoms with E-state index in [1.807, 2.05) is 0 Å². The van der Waals surface area contributed by atoms with E-state index in [0.29, 0.717) is 26.1 Å². The summed E-state index contributed by atoms with van der Waals surface area (Å²) < 4.78 is 0. The lowest BCUT2D eigenvalue weighted by Gasteiger charge is -2.12. The molecule has 0 saturated heterocycles. The van der Waals surface area contributed by atoms with Gasteiger partial charge < -0.3 is 38.3 Å². The molecule has 0 bridgehead atoms. The van der Waals surface area contributed by atoms with Gasteiger partial charge in [0.25, 0.3) is 5.91 Å². The molecular weight excluding hydrogens is 374 g/mol. The molecule has 1 unspecified atom stereocenters. The third-order valence-electron chi connectivity index (χ3n) is 4.29. The van der Waals surface area contributed by atoms with E-state index in [1.54, 1.807) is 0 Å². The van der Waals surface area contributed by atoms with Gasteiger partial charge in [0.05, 0.1) is 6.54 Å². The molecule has 10 N–H and O–H groups in total. The fourth-order valence-electron chi connectivity index (χ4n) is 2.58. The van der Waals surface area contributed by atoms with Crippen LogP contribution in [0.1, 0.15) is 57.8 Å². The number of guanidine groups is 1. The number of carbonyl (C=O) groups excluding carboxylic acids is 2. The maximum atomic E-state index is 11.8. The molecule has 0 saturated carbocycles. The number of aliphatic hydroxyl groups excluding tert-OH is 1. The van der Waals surface area contributed by atoms with Crippen molar-refractivity contribution in [2.75, 3.05) is 39.3 Å². The van der Waals surface area contributed by atoms with Gasteiger partial charge in [0, 0.05) is 19.5 Å². The number of rotatable bonds is 19. The highest BCUT2D eigenvalue weighted by Gasteiger charge is 2.15. The highest BCUT2D eigenvalue weighted by Crippen LogP contribution is 2.05. The monoisotopic (exact) mass is 415 g/mol. The van der Waals surface area contributed by atoms with E-state index in [9.17, 15) is 14.7 Å². The summed E-state index contributed by atoms with van der Waals surface area (Å²) in [4.78, 5) is 27.5. The molecule has 2 amide bonds. The molecule has 0 spiro atoms. The Hall–Kier alpha value is -1.91. The zero-order valence-electron chi connectivity index (χ0n) is 17.6. The van der Waals surface area contributed by atoms with E-state index in [-0.39, 0.29) is 18.4 Å². The highest BCUT2D eigenvalue weighted by atomic mass is 16.3. The first-order chi connectivity index (χ1) is 14.0. The van der Waals surface area contributed by atoms with Crippen LogP contribution in [0.3, 0.4) is 0 Å². The Balaban J connectivity index is 3.54. The average molecular weight is 416 g/mol. The predicted octanol–water partition coefficient (Wildman–Crippen LogP) is -1.09. The number of hydrogen-bond donors (Lipinski definition) is 7. The van der Waals surface area contributed by atoms with Crippen molar-refractivity contribution in [3.8, 4) is 0 Å². The molecule has 0 aliphatic heterocycles. The van der Waals surface area contributed by atoms with E-state index in [4.69, 9.17) is 17.2 Å². The van der Waals surface area contributed by atoms with E-state index in [1.165, 1.54) is 0 Å². The van der Waals surface area contributed by atoms with Crippen LogP contribution in [0.4, 0.5) is 0 Å². The summed E-state index contributed by atoms with van der Waals surface area (Å²) in [7, 11) is 0. The van der Waals surface area contributed by atoms with Gasteiger partial charge >= 0.3 is 0 Å². The lowest BCUT2D eigenvalue weighted by molar-refractivity contribution is -0.129. The zero-order chi connectivity index (χ0) is 21.7. The van der Waals surface area contributed by atoms with E-state index in [2.05, 4.69) is 20.9 Å². The number of hydrogen-bond acceptors (Lipinski definition) is 6. The molecule has 10 nitrogen and oxygen atoms in total. The van der Waals surface area contributed by atoms with Crippen LogP contribution < -0.4 is 33.2 Å². The second kappa shape index (κ2) is 19.4. The Morgan fingerprint density at radius 2 is 1.52 bits per heavy atom. The molecule has 1 atom stereocenters. The first kappa shape index (κ1) is 27.1. The largest absolute Gasteiger partial charge is 0.381 e. The molecule has 10 heteroatoms. The van der Waals surface area contributed by atoms with Gasteiger partial charge in [0.1, 0.15) is 6.10 Å². The Morgan fingerprint density at radius 1 is 0.862 bits per heavy atom. The van der Waals surface area contributed by atoms with Crippen LogP contribution in [-0.4, -0.2) is 68.3 Å². The number of aliphatic imine (C=N–C) groups is 1. The van der Waals surface area contributed by atoms with Crippen LogP contribution in [0.2, 0.25) is 0 Å². The minimum Gasteiger partial charge on any atom is -0.381 e. The standard InChI is InChI=1S/C19H41N7O3/c20-10-8-12-23-11-6-7-13-24-18(29)16(27)15-26-17(28)9-4-2-1-3-5-14-25-19(21)22/h16,23,27H,1-15,20H2,(H,24,29)(H,26,28)(H4,21,22,25). The summed E-state index contributed by atoms with van der Waals surface area (Å²) in [6, 6.07) is 0. The molecule has 29 heavy (non-hydrogen) atoms. The highest BCUT2D eigenvalue weighted by molar-refractivity contribution is 5.82. The van der Waals surface area contributed by atoms with Crippen LogP contribution in [0.5, 0.6) is 0 Å². The van der Waals surface area contributed by atoms with Crippen LogP contribution >= 0.6 is 0 Å². The molecule has 0 rings (SSSR count). The number of unbranched alkanes of at least 4 members (excludes halogenated alkanes) is 5. The summed E-state index contributed by atoms with van der Waals surface area (Å²) in [5.41, 5.74) is 15.9. The molecular formula is C19H41N7O3. The van der Waals surface area contributed by atoms with Crippen molar-refractivity contribution in [1.29, 1.82) is 0 Å². The molecule has 0 radical (unpaired) electrons. The summed E-state index contributed by atoms with van der Waals surface area (Å²) in [6.45, 7) is 3.54. The minimum atomic E-state index is -1.22. The van der Waals surface area contributed by atoms with E-state index in [0.717, 1.165) is 64.5 Å². The second-order valence-corrected chi connectivity index (χ2v) is 7.03. The number of amides is 2. The fraction of sp³-hybridized carbons (Fsp3) is 0.842. The van der Waals surface area contributed by atoms with Gasteiger partial charge in [-0.15, -0.1) is 0 Å². The van der Waals surface area contributed by atoms with Gasteiger partial charge in [-0.2, -0.15) is 0 Å². The molecule has 0 aromatic rings. The van der Waals surface area contributed by atoms with Crippen molar-refractivity contribution < 1.29 is 14.7 Å².